The molecule has 3 rings (SSSR count). The van der Waals surface area contributed by atoms with E-state index in [1.807, 2.05) is 6.08 Å². The van der Waals surface area contributed by atoms with Gasteiger partial charge in [0.05, 0.1) is 0 Å². The average molecular weight is 238 g/mol. The summed E-state index contributed by atoms with van der Waals surface area (Å²) in [6, 6.07) is 0. The second-order valence-corrected chi connectivity index (χ2v) is 5.55. The number of halogens is 1. The van der Waals surface area contributed by atoms with Crippen molar-refractivity contribution in [3.8, 4) is 0 Å². The van der Waals surface area contributed by atoms with Crippen molar-refractivity contribution >= 4 is 17.4 Å². The van der Waals surface area contributed by atoms with Crippen LogP contribution in [0.15, 0.2) is 23.5 Å². The monoisotopic (exact) mass is 237 g/mol. The van der Waals surface area contributed by atoms with Crippen LogP contribution in [-0.4, -0.2) is 22.6 Å². The Balaban J connectivity index is 1.91. The normalized spacial score (nSPS) is 33.8. The van der Waals surface area contributed by atoms with E-state index >= 15 is 0 Å². The van der Waals surface area contributed by atoms with E-state index in [-0.39, 0.29) is 5.78 Å². The number of rotatable bonds is 0. The maximum Gasteiger partial charge on any atom is 0.159 e. The molecule has 0 amide bonds. The Morgan fingerprint density at radius 2 is 2.25 bits per heavy atom. The number of carbonyl (C=O) groups excluding carboxylic acids is 1. The topological polar surface area (TPSA) is 20.3 Å². The molecule has 2 unspecified atom stereocenters. The molecule has 0 bridgehead atoms. The zero-order chi connectivity index (χ0) is 11.1. The number of allylic oxidation sites excluding steroid dienone is 4. The van der Waals surface area contributed by atoms with E-state index in [1.54, 1.807) is 0 Å². The third-order valence-electron chi connectivity index (χ3n) is 3.86. The SMILES string of the molecule is O=C1C=C2CCC3CC(Cl)CC=C3N2CC1. The fourth-order valence-electron chi connectivity index (χ4n) is 3.06. The summed E-state index contributed by atoms with van der Waals surface area (Å²) >= 11 is 6.20. The van der Waals surface area contributed by atoms with E-state index in [9.17, 15) is 4.79 Å². The third kappa shape index (κ3) is 1.69. The Morgan fingerprint density at radius 1 is 1.38 bits per heavy atom. The number of hydrogen-bond donors (Lipinski definition) is 0. The number of alkyl halides is 1. The zero-order valence-corrected chi connectivity index (χ0v) is 10.0. The van der Waals surface area contributed by atoms with Crippen LogP contribution in [0.25, 0.3) is 0 Å². The molecule has 0 aromatic heterocycles. The molecule has 1 saturated heterocycles. The van der Waals surface area contributed by atoms with Crippen LogP contribution in [0.1, 0.15) is 32.1 Å². The van der Waals surface area contributed by atoms with Crippen LogP contribution in [0, 0.1) is 5.92 Å². The second-order valence-electron chi connectivity index (χ2n) is 4.94. The van der Waals surface area contributed by atoms with Crippen LogP contribution >= 0.6 is 11.6 Å². The molecule has 2 aliphatic heterocycles. The fourth-order valence-corrected chi connectivity index (χ4v) is 3.37. The first-order valence-corrected chi connectivity index (χ1v) is 6.53. The van der Waals surface area contributed by atoms with Gasteiger partial charge in [-0.3, -0.25) is 4.79 Å². The minimum absolute atomic E-state index is 0.288. The van der Waals surface area contributed by atoms with E-state index in [0.717, 1.165) is 32.2 Å². The molecule has 2 atom stereocenters. The van der Waals surface area contributed by atoms with E-state index < -0.39 is 0 Å². The summed E-state index contributed by atoms with van der Waals surface area (Å²) in [5, 5.41) is 0.311. The number of fused-ring (bicyclic) bond motifs is 3. The van der Waals surface area contributed by atoms with Gasteiger partial charge in [-0.2, -0.15) is 0 Å². The van der Waals surface area contributed by atoms with E-state index in [0.29, 0.717) is 17.7 Å². The molecule has 2 nitrogen and oxygen atoms in total. The molecule has 0 saturated carbocycles. The van der Waals surface area contributed by atoms with E-state index in [4.69, 9.17) is 11.6 Å². The van der Waals surface area contributed by atoms with Gasteiger partial charge < -0.3 is 4.90 Å². The van der Waals surface area contributed by atoms with Gasteiger partial charge in [-0.1, -0.05) is 6.08 Å². The molecule has 0 radical (unpaired) electrons. The Kier molecular flexibility index (Phi) is 2.55. The molecule has 16 heavy (non-hydrogen) atoms. The summed E-state index contributed by atoms with van der Waals surface area (Å²) < 4.78 is 0. The fraction of sp³-hybridized carbons (Fsp3) is 0.615. The Labute approximate surface area is 101 Å². The van der Waals surface area contributed by atoms with Gasteiger partial charge in [0.25, 0.3) is 0 Å². The quantitative estimate of drug-likeness (QED) is 0.604. The first-order valence-electron chi connectivity index (χ1n) is 6.09. The predicted molar refractivity (Wildman–Crippen MR) is 64.1 cm³/mol. The lowest BCUT2D eigenvalue weighted by atomic mass is 9.82. The van der Waals surface area contributed by atoms with Crippen LogP contribution in [0.4, 0.5) is 0 Å². The third-order valence-corrected chi connectivity index (χ3v) is 4.21. The molecule has 0 N–H and O–H groups in total. The number of ketones is 1. The molecule has 0 aromatic rings. The Hall–Kier alpha value is -0.760. The highest BCUT2D eigenvalue weighted by Gasteiger charge is 2.33. The minimum atomic E-state index is 0.288. The molecule has 0 aromatic carbocycles. The van der Waals surface area contributed by atoms with Gasteiger partial charge in [-0.15, -0.1) is 11.6 Å². The first-order chi connectivity index (χ1) is 7.74. The lowest BCUT2D eigenvalue weighted by Gasteiger charge is -2.43. The smallest absolute Gasteiger partial charge is 0.159 e. The Morgan fingerprint density at radius 3 is 3.12 bits per heavy atom. The summed E-state index contributed by atoms with van der Waals surface area (Å²) in [4.78, 5) is 13.7. The Bertz CT molecular complexity index is 385. The number of piperidine rings is 1. The van der Waals surface area contributed by atoms with Crippen LogP contribution in [0.5, 0.6) is 0 Å². The van der Waals surface area contributed by atoms with Crippen molar-refractivity contribution in [3.05, 3.63) is 23.5 Å². The lowest BCUT2D eigenvalue weighted by Crippen LogP contribution is -2.38. The van der Waals surface area contributed by atoms with Gasteiger partial charge in [0.1, 0.15) is 0 Å². The highest BCUT2D eigenvalue weighted by atomic mass is 35.5. The second kappa shape index (κ2) is 3.92. The van der Waals surface area contributed by atoms with Gasteiger partial charge in [-0.05, 0) is 25.7 Å². The van der Waals surface area contributed by atoms with Crippen molar-refractivity contribution in [2.45, 2.75) is 37.5 Å². The standard InChI is InChI=1S/C13H16ClNO/c14-10-2-4-13-9(7-10)1-3-11-8-12(16)5-6-15(11)13/h4,8-10H,1-3,5-7H2. The summed E-state index contributed by atoms with van der Waals surface area (Å²) in [6.07, 6.45) is 9.07. The summed E-state index contributed by atoms with van der Waals surface area (Å²) in [5.41, 5.74) is 2.66. The van der Waals surface area contributed by atoms with Gasteiger partial charge in [0, 0.05) is 41.7 Å². The maximum atomic E-state index is 11.4. The zero-order valence-electron chi connectivity index (χ0n) is 9.29. The molecular formula is C13H16ClNO. The van der Waals surface area contributed by atoms with Gasteiger partial charge >= 0.3 is 0 Å². The lowest BCUT2D eigenvalue weighted by molar-refractivity contribution is -0.115. The molecular weight excluding hydrogens is 222 g/mol. The van der Waals surface area contributed by atoms with Gasteiger partial charge in [0.15, 0.2) is 5.78 Å². The summed E-state index contributed by atoms with van der Waals surface area (Å²) in [5.74, 6) is 0.915. The first kappa shape index (κ1) is 10.4. The van der Waals surface area contributed by atoms with Crippen molar-refractivity contribution in [1.82, 2.24) is 4.90 Å². The van der Waals surface area contributed by atoms with Crippen LogP contribution in [-0.2, 0) is 4.79 Å². The summed E-state index contributed by atoms with van der Waals surface area (Å²) in [6.45, 7) is 0.875. The number of carbonyl (C=O) groups is 1. The number of hydrogen-bond acceptors (Lipinski definition) is 2. The summed E-state index contributed by atoms with van der Waals surface area (Å²) in [7, 11) is 0. The largest absolute Gasteiger partial charge is 0.348 e. The molecule has 1 aliphatic carbocycles. The molecule has 86 valence electrons. The molecule has 0 spiro atoms. The van der Waals surface area contributed by atoms with E-state index in [1.165, 1.54) is 11.4 Å². The van der Waals surface area contributed by atoms with Gasteiger partial charge in [0.2, 0.25) is 0 Å². The minimum Gasteiger partial charge on any atom is -0.348 e. The van der Waals surface area contributed by atoms with Crippen molar-refractivity contribution in [3.63, 3.8) is 0 Å². The van der Waals surface area contributed by atoms with Crippen LogP contribution in [0.3, 0.4) is 0 Å². The molecule has 3 aliphatic rings. The van der Waals surface area contributed by atoms with Crippen LogP contribution < -0.4 is 0 Å². The maximum absolute atomic E-state index is 11.4. The molecule has 1 fully saturated rings. The van der Waals surface area contributed by atoms with Crippen molar-refractivity contribution < 1.29 is 4.79 Å². The van der Waals surface area contributed by atoms with Gasteiger partial charge in [-0.25, -0.2) is 0 Å². The average Bonchev–Trinajstić information content (AvgIpc) is 2.28. The highest BCUT2D eigenvalue weighted by Crippen LogP contribution is 2.41. The molecule has 2 heterocycles. The van der Waals surface area contributed by atoms with Crippen molar-refractivity contribution in [2.75, 3.05) is 6.54 Å². The van der Waals surface area contributed by atoms with Crippen molar-refractivity contribution in [1.29, 1.82) is 0 Å². The molecule has 3 heteroatoms. The highest BCUT2D eigenvalue weighted by molar-refractivity contribution is 6.20. The van der Waals surface area contributed by atoms with Crippen LogP contribution in [0.2, 0.25) is 0 Å². The number of nitrogens with zero attached hydrogens (tertiary/aromatic N) is 1. The van der Waals surface area contributed by atoms with E-state index in [2.05, 4.69) is 11.0 Å². The predicted octanol–water partition coefficient (Wildman–Crippen LogP) is 2.84. The van der Waals surface area contributed by atoms with Crippen molar-refractivity contribution in [2.24, 2.45) is 5.92 Å².